The van der Waals surface area contributed by atoms with E-state index in [0.29, 0.717) is 12.0 Å². The number of ether oxygens (including phenoxy) is 1. The fourth-order valence-corrected chi connectivity index (χ4v) is 2.58. The second kappa shape index (κ2) is 6.36. The van der Waals surface area contributed by atoms with Crippen LogP contribution in [0.5, 0.6) is 0 Å². The molecule has 1 fully saturated rings. The fraction of sp³-hybridized carbons (Fsp3) is 0.923. The van der Waals surface area contributed by atoms with Crippen molar-refractivity contribution in [1.29, 1.82) is 0 Å². The minimum atomic E-state index is -0.125. The lowest BCUT2D eigenvalue weighted by molar-refractivity contribution is -0.147. The zero-order valence-corrected chi connectivity index (χ0v) is 11.5. The molecule has 0 saturated carbocycles. The Labute approximate surface area is 104 Å². The van der Waals surface area contributed by atoms with Gasteiger partial charge in [0.2, 0.25) is 0 Å². The van der Waals surface area contributed by atoms with Crippen LogP contribution in [-0.4, -0.2) is 43.2 Å². The van der Waals surface area contributed by atoms with Crippen molar-refractivity contribution < 1.29 is 9.53 Å². The zero-order valence-electron chi connectivity index (χ0n) is 11.5. The van der Waals surface area contributed by atoms with Crippen LogP contribution in [0, 0.1) is 11.8 Å². The molecular weight excluding hydrogens is 216 g/mol. The monoisotopic (exact) mass is 242 g/mol. The van der Waals surface area contributed by atoms with Gasteiger partial charge in [0.05, 0.1) is 13.0 Å². The summed E-state index contributed by atoms with van der Waals surface area (Å²) in [5.41, 5.74) is 6.10. The van der Waals surface area contributed by atoms with Gasteiger partial charge < -0.3 is 10.5 Å². The van der Waals surface area contributed by atoms with Crippen LogP contribution in [-0.2, 0) is 9.53 Å². The number of hydrogen-bond acceptors (Lipinski definition) is 4. The molecule has 1 rings (SSSR count). The van der Waals surface area contributed by atoms with Crippen LogP contribution in [0.15, 0.2) is 0 Å². The van der Waals surface area contributed by atoms with Crippen LogP contribution in [0.4, 0.5) is 0 Å². The Hall–Kier alpha value is -0.610. The first-order valence-corrected chi connectivity index (χ1v) is 6.58. The van der Waals surface area contributed by atoms with Crippen molar-refractivity contribution in [3.05, 3.63) is 0 Å². The topological polar surface area (TPSA) is 55.6 Å². The molecule has 4 unspecified atom stereocenters. The normalized spacial score (nSPS) is 29.7. The number of likely N-dealkylation sites (tertiary alicyclic amines) is 1. The summed E-state index contributed by atoms with van der Waals surface area (Å²) in [4.78, 5) is 13.9. The highest BCUT2D eigenvalue weighted by Crippen LogP contribution is 2.23. The number of esters is 1. The number of carbonyl (C=O) groups is 1. The Morgan fingerprint density at radius 3 is 2.71 bits per heavy atom. The van der Waals surface area contributed by atoms with Gasteiger partial charge in [0, 0.05) is 18.6 Å². The summed E-state index contributed by atoms with van der Waals surface area (Å²) in [7, 11) is 1.45. The molecule has 2 N–H and O–H groups in total. The number of nitrogens with zero attached hydrogens (tertiary/aromatic N) is 1. The van der Waals surface area contributed by atoms with Gasteiger partial charge in [0.1, 0.15) is 0 Å². The Morgan fingerprint density at radius 2 is 2.18 bits per heavy atom. The lowest BCUT2D eigenvalue weighted by atomic mass is 9.88. The van der Waals surface area contributed by atoms with Crippen LogP contribution in [0.1, 0.15) is 33.6 Å². The van der Waals surface area contributed by atoms with Crippen molar-refractivity contribution in [2.24, 2.45) is 17.6 Å². The molecule has 0 aromatic rings. The largest absolute Gasteiger partial charge is 0.469 e. The number of methoxy groups -OCH3 is 1. The molecule has 0 amide bonds. The fourth-order valence-electron chi connectivity index (χ4n) is 2.58. The van der Waals surface area contributed by atoms with Gasteiger partial charge >= 0.3 is 5.97 Å². The standard InChI is InChI=1S/C13H26N2O2/c1-5-11-8-15(7-6-12(11)14)10(3)9(2)13(16)17-4/h9-12H,5-8,14H2,1-4H3. The summed E-state index contributed by atoms with van der Waals surface area (Å²) in [6, 6.07) is 0.542. The number of rotatable bonds is 4. The average Bonchev–Trinajstić information content (AvgIpc) is 2.36. The van der Waals surface area contributed by atoms with E-state index >= 15 is 0 Å². The molecule has 1 aliphatic heterocycles. The Morgan fingerprint density at radius 1 is 1.53 bits per heavy atom. The van der Waals surface area contributed by atoms with E-state index in [1.54, 1.807) is 0 Å². The summed E-state index contributed by atoms with van der Waals surface area (Å²) in [5.74, 6) is 0.350. The van der Waals surface area contributed by atoms with Crippen molar-refractivity contribution in [2.45, 2.75) is 45.7 Å². The predicted octanol–water partition coefficient (Wildman–Crippen LogP) is 1.24. The molecule has 0 aliphatic carbocycles. The maximum atomic E-state index is 11.5. The van der Waals surface area contributed by atoms with Crippen LogP contribution in [0.3, 0.4) is 0 Å². The van der Waals surface area contributed by atoms with Crippen molar-refractivity contribution in [3.8, 4) is 0 Å². The van der Waals surface area contributed by atoms with Gasteiger partial charge in [-0.05, 0) is 25.8 Å². The molecule has 0 radical (unpaired) electrons. The van der Waals surface area contributed by atoms with Gasteiger partial charge in [-0.15, -0.1) is 0 Å². The SMILES string of the molecule is CCC1CN(C(C)C(C)C(=O)OC)CCC1N. The third kappa shape index (κ3) is 3.42. The number of hydrogen-bond donors (Lipinski definition) is 1. The van der Waals surface area contributed by atoms with E-state index in [1.165, 1.54) is 7.11 Å². The number of nitrogens with two attached hydrogens (primary N) is 1. The molecule has 0 bridgehead atoms. The highest BCUT2D eigenvalue weighted by molar-refractivity contribution is 5.72. The van der Waals surface area contributed by atoms with Crippen molar-refractivity contribution in [1.82, 2.24) is 4.90 Å². The molecule has 4 nitrogen and oxygen atoms in total. The Balaban J connectivity index is 2.58. The average molecular weight is 242 g/mol. The van der Waals surface area contributed by atoms with E-state index in [1.807, 2.05) is 6.92 Å². The first-order valence-electron chi connectivity index (χ1n) is 6.58. The molecule has 1 saturated heterocycles. The summed E-state index contributed by atoms with van der Waals surface area (Å²) in [6.45, 7) is 8.21. The van der Waals surface area contributed by atoms with Gasteiger partial charge in [-0.1, -0.05) is 20.3 Å². The molecule has 4 atom stereocenters. The Bertz CT molecular complexity index is 258. The molecule has 17 heavy (non-hydrogen) atoms. The first-order chi connectivity index (χ1) is 8.01. The maximum Gasteiger partial charge on any atom is 0.309 e. The van der Waals surface area contributed by atoms with Gasteiger partial charge in [0.25, 0.3) is 0 Å². The molecule has 1 aliphatic rings. The van der Waals surface area contributed by atoms with Crippen LogP contribution >= 0.6 is 0 Å². The molecule has 0 aromatic heterocycles. The smallest absolute Gasteiger partial charge is 0.309 e. The second-order valence-electron chi connectivity index (χ2n) is 5.17. The highest BCUT2D eigenvalue weighted by Gasteiger charge is 2.32. The predicted molar refractivity (Wildman–Crippen MR) is 68.6 cm³/mol. The van der Waals surface area contributed by atoms with Gasteiger partial charge in [-0.25, -0.2) is 0 Å². The first kappa shape index (κ1) is 14.5. The van der Waals surface area contributed by atoms with E-state index in [-0.39, 0.29) is 17.9 Å². The quantitative estimate of drug-likeness (QED) is 0.754. The summed E-state index contributed by atoms with van der Waals surface area (Å²) < 4.78 is 4.81. The molecular formula is C13H26N2O2. The zero-order chi connectivity index (χ0) is 13.0. The van der Waals surface area contributed by atoms with Crippen molar-refractivity contribution in [3.63, 3.8) is 0 Å². The van der Waals surface area contributed by atoms with Crippen molar-refractivity contribution >= 4 is 5.97 Å². The third-order valence-corrected chi connectivity index (χ3v) is 4.22. The van der Waals surface area contributed by atoms with Gasteiger partial charge in [-0.3, -0.25) is 9.69 Å². The van der Waals surface area contributed by atoms with Crippen LogP contribution in [0.2, 0.25) is 0 Å². The van der Waals surface area contributed by atoms with Crippen LogP contribution in [0.25, 0.3) is 0 Å². The minimum Gasteiger partial charge on any atom is -0.469 e. The van der Waals surface area contributed by atoms with E-state index in [2.05, 4.69) is 18.7 Å². The molecule has 0 aromatic carbocycles. The minimum absolute atomic E-state index is 0.0770. The maximum absolute atomic E-state index is 11.5. The molecule has 100 valence electrons. The van der Waals surface area contributed by atoms with E-state index < -0.39 is 0 Å². The summed E-state index contributed by atoms with van der Waals surface area (Å²) in [6.07, 6.45) is 2.13. The van der Waals surface area contributed by atoms with E-state index in [9.17, 15) is 4.79 Å². The van der Waals surface area contributed by atoms with E-state index in [4.69, 9.17) is 10.5 Å². The van der Waals surface area contributed by atoms with Gasteiger partial charge in [-0.2, -0.15) is 0 Å². The van der Waals surface area contributed by atoms with E-state index in [0.717, 1.165) is 25.9 Å². The number of piperidine rings is 1. The van der Waals surface area contributed by atoms with Gasteiger partial charge in [0.15, 0.2) is 0 Å². The van der Waals surface area contributed by atoms with Crippen LogP contribution < -0.4 is 5.73 Å². The third-order valence-electron chi connectivity index (χ3n) is 4.22. The molecule has 4 heteroatoms. The Kier molecular flexibility index (Phi) is 5.40. The lowest BCUT2D eigenvalue weighted by Crippen LogP contribution is -2.52. The highest BCUT2D eigenvalue weighted by atomic mass is 16.5. The van der Waals surface area contributed by atoms with Crippen molar-refractivity contribution in [2.75, 3.05) is 20.2 Å². The second-order valence-corrected chi connectivity index (χ2v) is 5.17. The molecule has 0 spiro atoms. The summed E-state index contributed by atoms with van der Waals surface area (Å²) in [5, 5.41) is 0. The lowest BCUT2D eigenvalue weighted by Gasteiger charge is -2.41. The number of carbonyl (C=O) groups excluding carboxylic acids is 1. The molecule has 1 heterocycles. The summed E-state index contributed by atoms with van der Waals surface area (Å²) >= 11 is 0.